The standard InChI is InChI=1S/3C6H6N2O2.3C3H6O4.Mo/c3*9-6(10)2-1-5-3-7-4-8-5;3*4-1-2(5)3(6)7;/h3*1-4H,(H,7,8)(H,9,10);3*2,4-5H,1H2,(H,6,7);/q;;;;;;+6/p-6. The van der Waals surface area contributed by atoms with Crippen LogP contribution >= 0.6 is 0 Å². The van der Waals surface area contributed by atoms with Crippen molar-refractivity contribution in [3.8, 4) is 0 Å². The topological polar surface area (TPSA) is 448 Å². The predicted molar refractivity (Wildman–Crippen MR) is 152 cm³/mol. The Morgan fingerprint density at radius 2 is 0.731 bits per heavy atom. The second kappa shape index (κ2) is 33.6. The molecule has 52 heavy (non-hydrogen) atoms. The number of H-pyrrole nitrogens is 3. The summed E-state index contributed by atoms with van der Waals surface area (Å²) in [5.41, 5.74) is 1.72. The third kappa shape index (κ3) is 35.4. The number of hydrogen-bond donors (Lipinski definition) is 9. The summed E-state index contributed by atoms with van der Waals surface area (Å²) in [6.45, 7) is -2.37. The number of aliphatic hydroxyl groups is 6. The Balaban J connectivity index is -0.000000267. The minimum absolute atomic E-state index is 0. The van der Waals surface area contributed by atoms with Crippen molar-refractivity contribution in [3.63, 3.8) is 0 Å². The van der Waals surface area contributed by atoms with Crippen LogP contribution in [0.4, 0.5) is 0 Å². The van der Waals surface area contributed by atoms with Crippen LogP contribution in [0.2, 0.25) is 0 Å². The molecule has 24 nitrogen and oxygen atoms in total. The summed E-state index contributed by atoms with van der Waals surface area (Å²) in [4.78, 5) is 77.1. The first kappa shape index (κ1) is 52.9. The van der Waals surface area contributed by atoms with Gasteiger partial charge in [0.15, 0.2) is 0 Å². The summed E-state index contributed by atoms with van der Waals surface area (Å²) in [6, 6.07) is 0. The molecule has 0 aliphatic carbocycles. The van der Waals surface area contributed by atoms with E-state index in [1.165, 1.54) is 37.2 Å². The number of carbonyl (C=O) groups excluding carboxylic acids is 6. The Labute approximate surface area is 305 Å². The van der Waals surface area contributed by atoms with Crippen LogP contribution in [0.3, 0.4) is 0 Å². The number of imidazole rings is 3. The van der Waals surface area contributed by atoms with Crippen molar-refractivity contribution < 1.29 is 111 Å². The Kier molecular flexibility index (Phi) is 34.2. The van der Waals surface area contributed by atoms with Gasteiger partial charge in [-0.1, -0.05) is 0 Å². The zero-order chi connectivity index (χ0) is 39.8. The van der Waals surface area contributed by atoms with Gasteiger partial charge in [0.25, 0.3) is 0 Å². The fraction of sp³-hybridized carbons (Fsp3) is 0.222. The van der Waals surface area contributed by atoms with Gasteiger partial charge in [-0.15, -0.1) is 0 Å². The van der Waals surface area contributed by atoms with Gasteiger partial charge in [0.2, 0.25) is 0 Å². The fourth-order valence-corrected chi connectivity index (χ4v) is 1.77. The molecule has 0 fully saturated rings. The second-order valence-corrected chi connectivity index (χ2v) is 7.99. The molecule has 9 N–H and O–H groups in total. The molecular formula is C27H30MoN6O18. The van der Waals surface area contributed by atoms with E-state index in [1.807, 2.05) is 0 Å². The van der Waals surface area contributed by atoms with Gasteiger partial charge < -0.3 is 105 Å². The molecule has 0 saturated heterocycles. The monoisotopic (exact) mass is 824 g/mol. The average molecular weight is 823 g/mol. The van der Waals surface area contributed by atoms with E-state index in [4.69, 9.17) is 30.6 Å². The Bertz CT molecular complexity index is 1300. The first-order valence-electron chi connectivity index (χ1n) is 13.0. The summed E-state index contributed by atoms with van der Waals surface area (Å²) in [5, 5.41) is 105. The number of rotatable bonds is 12. The van der Waals surface area contributed by atoms with E-state index in [2.05, 4.69) is 29.9 Å². The number of aromatic nitrogens is 6. The van der Waals surface area contributed by atoms with Gasteiger partial charge in [-0.05, 0) is 36.5 Å². The van der Waals surface area contributed by atoms with Crippen molar-refractivity contribution in [2.75, 3.05) is 19.8 Å². The molecule has 3 atom stereocenters. The molecule has 282 valence electrons. The molecule has 0 saturated carbocycles. The third-order valence-electron chi connectivity index (χ3n) is 4.06. The molecule has 25 heteroatoms. The molecular weight excluding hydrogens is 792 g/mol. The van der Waals surface area contributed by atoms with Crippen molar-refractivity contribution in [1.82, 2.24) is 29.9 Å². The Morgan fingerprint density at radius 1 is 0.519 bits per heavy atom. The zero-order valence-corrected chi connectivity index (χ0v) is 28.1. The van der Waals surface area contributed by atoms with Crippen LogP contribution in [0, 0.1) is 0 Å². The number of hydrogen-bond acceptors (Lipinski definition) is 21. The minimum atomic E-state index is -1.74. The van der Waals surface area contributed by atoms with Crippen molar-refractivity contribution in [2.45, 2.75) is 18.3 Å². The van der Waals surface area contributed by atoms with E-state index >= 15 is 0 Å². The largest absolute Gasteiger partial charge is 6.00 e. The molecule has 3 aromatic rings. The third-order valence-corrected chi connectivity index (χ3v) is 4.06. The van der Waals surface area contributed by atoms with Gasteiger partial charge in [0.1, 0.15) is 18.3 Å². The van der Waals surface area contributed by atoms with E-state index < -0.39 is 73.9 Å². The van der Waals surface area contributed by atoms with E-state index in [1.54, 1.807) is 18.6 Å². The van der Waals surface area contributed by atoms with Crippen LogP contribution in [0.1, 0.15) is 17.1 Å². The van der Waals surface area contributed by atoms with Crippen molar-refractivity contribution in [2.24, 2.45) is 0 Å². The molecule has 0 aliphatic rings. The number of aromatic amines is 3. The van der Waals surface area contributed by atoms with Gasteiger partial charge in [-0.2, -0.15) is 0 Å². The number of aliphatic carboxylic acids is 6. The van der Waals surface area contributed by atoms with Crippen LogP contribution < -0.4 is 30.6 Å². The molecule has 0 spiro atoms. The van der Waals surface area contributed by atoms with Crippen LogP contribution in [-0.2, 0) is 49.8 Å². The number of carboxylic acid groups (broad SMARTS) is 6. The Morgan fingerprint density at radius 3 is 0.827 bits per heavy atom. The maximum atomic E-state index is 9.86. The number of nitrogens with zero attached hydrogens (tertiary/aromatic N) is 3. The quantitative estimate of drug-likeness (QED) is 0.0605. The summed E-state index contributed by atoms with van der Waals surface area (Å²) in [7, 11) is 0. The van der Waals surface area contributed by atoms with Crippen LogP contribution in [0.25, 0.3) is 18.2 Å². The normalized spacial score (nSPS) is 11.4. The number of carboxylic acids is 6. The van der Waals surface area contributed by atoms with E-state index in [0.29, 0.717) is 17.1 Å². The molecule has 3 aromatic heterocycles. The molecule has 0 radical (unpaired) electrons. The van der Waals surface area contributed by atoms with Gasteiger partial charge in [-0.25, -0.2) is 15.0 Å². The molecule has 3 unspecified atom stereocenters. The average Bonchev–Trinajstić information content (AvgIpc) is 3.90. The molecule has 0 aromatic carbocycles. The molecule has 0 bridgehead atoms. The fourth-order valence-electron chi connectivity index (χ4n) is 1.77. The maximum Gasteiger partial charge on any atom is 6.00 e. The maximum absolute atomic E-state index is 9.86. The molecule has 0 aliphatic heterocycles. The number of aliphatic hydroxyl groups excluding tert-OH is 6. The molecule has 3 rings (SSSR count). The predicted octanol–water partition coefficient (Wildman–Crippen LogP) is -11.2. The van der Waals surface area contributed by atoms with E-state index in [0.717, 1.165) is 18.2 Å². The van der Waals surface area contributed by atoms with E-state index in [-0.39, 0.29) is 21.1 Å². The molecule has 0 amide bonds. The van der Waals surface area contributed by atoms with Crippen molar-refractivity contribution in [3.05, 3.63) is 72.9 Å². The van der Waals surface area contributed by atoms with Crippen LogP contribution in [-0.4, -0.2) is 134 Å². The zero-order valence-electron chi connectivity index (χ0n) is 26.1. The first-order chi connectivity index (χ1) is 23.9. The van der Waals surface area contributed by atoms with Crippen LogP contribution in [0.15, 0.2) is 55.8 Å². The summed E-state index contributed by atoms with van der Waals surface area (Å²) < 4.78 is 0. The van der Waals surface area contributed by atoms with Gasteiger partial charge in [0, 0.05) is 18.6 Å². The van der Waals surface area contributed by atoms with Crippen LogP contribution in [0.5, 0.6) is 0 Å². The smallest absolute Gasteiger partial charge is 0.547 e. The van der Waals surface area contributed by atoms with Crippen molar-refractivity contribution >= 4 is 54.0 Å². The minimum Gasteiger partial charge on any atom is -0.547 e. The summed E-state index contributed by atoms with van der Waals surface area (Å²) in [6.07, 6.45) is 10.8. The molecule has 3 heterocycles. The van der Waals surface area contributed by atoms with E-state index in [9.17, 15) is 59.4 Å². The second-order valence-electron chi connectivity index (χ2n) is 7.99. The number of carbonyl (C=O) groups is 6. The first-order valence-corrected chi connectivity index (χ1v) is 13.0. The number of nitrogens with one attached hydrogen (secondary N) is 3. The van der Waals surface area contributed by atoms with Gasteiger partial charge in [-0.3, -0.25) is 0 Å². The van der Waals surface area contributed by atoms with Gasteiger partial charge >= 0.3 is 21.1 Å². The van der Waals surface area contributed by atoms with Gasteiger partial charge in [0.05, 0.1) is 91.7 Å². The summed E-state index contributed by atoms with van der Waals surface area (Å²) in [5.74, 6) is -8.61. The Hall–Kier alpha value is -5.88. The van der Waals surface area contributed by atoms with Crippen molar-refractivity contribution in [1.29, 1.82) is 0 Å². The summed E-state index contributed by atoms with van der Waals surface area (Å²) >= 11 is 0. The SMILES string of the molecule is O=C([O-])C(O)CO.O=C([O-])C(O)CO.O=C([O-])C(O)CO.O=C([O-])C=Cc1c[nH]cn1.O=C([O-])C=Cc1c[nH]cn1.O=C([O-])C=Cc1c[nH]cn1.[Mo+6].